The lowest BCUT2D eigenvalue weighted by molar-refractivity contribution is -0.125. The number of carbonyl (C=O) groups excluding carboxylic acids is 1. The van der Waals surface area contributed by atoms with Crippen molar-refractivity contribution < 1.29 is 4.79 Å². The van der Waals surface area contributed by atoms with E-state index in [2.05, 4.69) is 17.6 Å². The van der Waals surface area contributed by atoms with E-state index in [9.17, 15) is 4.79 Å². The first kappa shape index (κ1) is 18.3. The highest BCUT2D eigenvalue weighted by Crippen LogP contribution is 2.47. The highest BCUT2D eigenvalue weighted by atomic mass is 35.5. The predicted molar refractivity (Wildman–Crippen MR) is 89.9 cm³/mol. The first-order valence-electron chi connectivity index (χ1n) is 7.23. The zero-order valence-electron chi connectivity index (χ0n) is 12.7. The van der Waals surface area contributed by atoms with Gasteiger partial charge in [0.1, 0.15) is 0 Å². The topological polar surface area (TPSA) is 41.1 Å². The lowest BCUT2D eigenvalue weighted by Gasteiger charge is -2.22. The van der Waals surface area contributed by atoms with Crippen molar-refractivity contribution >= 4 is 29.9 Å². The van der Waals surface area contributed by atoms with E-state index in [4.69, 9.17) is 11.6 Å². The van der Waals surface area contributed by atoms with Crippen molar-refractivity contribution in [2.75, 3.05) is 13.6 Å². The monoisotopic (exact) mass is 330 g/mol. The van der Waals surface area contributed by atoms with Gasteiger partial charge in [0.25, 0.3) is 0 Å². The second kappa shape index (κ2) is 8.02. The standard InChI is InChI=1S/C16H23ClN2O.ClH/c1-10-8-14(10)15(12-4-6-13(17)7-5-12)19-16(20)11(2)9-18-3;/h4-7,10-11,14-15,18H,8-9H2,1-3H3,(H,19,20);1H. The van der Waals surface area contributed by atoms with Gasteiger partial charge in [0.05, 0.1) is 6.04 Å². The average molecular weight is 331 g/mol. The second-order valence-electron chi connectivity index (χ2n) is 5.87. The number of hydrogen-bond donors (Lipinski definition) is 2. The number of nitrogens with one attached hydrogen (secondary N) is 2. The summed E-state index contributed by atoms with van der Waals surface area (Å²) < 4.78 is 0. The summed E-state index contributed by atoms with van der Waals surface area (Å²) in [5.74, 6) is 1.31. The molecule has 1 aliphatic carbocycles. The van der Waals surface area contributed by atoms with Crippen LogP contribution in [0.25, 0.3) is 0 Å². The van der Waals surface area contributed by atoms with Crippen molar-refractivity contribution in [2.45, 2.75) is 26.3 Å². The molecule has 1 saturated carbocycles. The summed E-state index contributed by atoms with van der Waals surface area (Å²) in [4.78, 5) is 12.2. The van der Waals surface area contributed by atoms with Crippen LogP contribution < -0.4 is 10.6 Å². The smallest absolute Gasteiger partial charge is 0.224 e. The molecule has 0 heterocycles. The van der Waals surface area contributed by atoms with Crippen LogP contribution in [0, 0.1) is 17.8 Å². The third kappa shape index (κ3) is 4.87. The summed E-state index contributed by atoms with van der Waals surface area (Å²) in [6, 6.07) is 7.91. The maximum Gasteiger partial charge on any atom is 0.224 e. The molecule has 1 amide bonds. The van der Waals surface area contributed by atoms with E-state index >= 15 is 0 Å². The van der Waals surface area contributed by atoms with Gasteiger partial charge in [-0.05, 0) is 43.0 Å². The van der Waals surface area contributed by atoms with Gasteiger partial charge in [-0.2, -0.15) is 0 Å². The van der Waals surface area contributed by atoms with Crippen LogP contribution in [0.5, 0.6) is 0 Å². The third-order valence-electron chi connectivity index (χ3n) is 4.08. The largest absolute Gasteiger partial charge is 0.349 e. The molecule has 5 heteroatoms. The molecule has 1 aliphatic rings. The minimum absolute atomic E-state index is 0. The van der Waals surface area contributed by atoms with Gasteiger partial charge in [0.2, 0.25) is 5.91 Å². The minimum Gasteiger partial charge on any atom is -0.349 e. The Labute approximate surface area is 138 Å². The Morgan fingerprint density at radius 3 is 2.43 bits per heavy atom. The summed E-state index contributed by atoms with van der Waals surface area (Å²) in [6.45, 7) is 4.87. The van der Waals surface area contributed by atoms with Gasteiger partial charge in [-0.15, -0.1) is 12.4 Å². The van der Waals surface area contributed by atoms with Crippen molar-refractivity contribution in [3.8, 4) is 0 Å². The van der Waals surface area contributed by atoms with Crippen LogP contribution in [0.15, 0.2) is 24.3 Å². The molecule has 1 fully saturated rings. The maximum absolute atomic E-state index is 12.2. The van der Waals surface area contributed by atoms with Crippen LogP contribution in [-0.2, 0) is 4.79 Å². The maximum atomic E-state index is 12.2. The molecule has 2 N–H and O–H groups in total. The Morgan fingerprint density at radius 2 is 1.95 bits per heavy atom. The number of carbonyl (C=O) groups is 1. The highest BCUT2D eigenvalue weighted by molar-refractivity contribution is 6.30. The molecule has 4 unspecified atom stereocenters. The zero-order chi connectivity index (χ0) is 14.7. The molecule has 3 nitrogen and oxygen atoms in total. The molecule has 2 rings (SSSR count). The van der Waals surface area contributed by atoms with E-state index in [0.29, 0.717) is 18.4 Å². The van der Waals surface area contributed by atoms with Crippen molar-refractivity contribution in [3.63, 3.8) is 0 Å². The van der Waals surface area contributed by atoms with E-state index in [0.717, 1.165) is 10.6 Å². The van der Waals surface area contributed by atoms with Crippen LogP contribution in [0.2, 0.25) is 5.02 Å². The fraction of sp³-hybridized carbons (Fsp3) is 0.562. The average Bonchev–Trinajstić information content (AvgIpc) is 3.14. The van der Waals surface area contributed by atoms with Crippen LogP contribution in [0.4, 0.5) is 0 Å². The van der Waals surface area contributed by atoms with E-state index in [-0.39, 0.29) is 30.3 Å². The van der Waals surface area contributed by atoms with Crippen LogP contribution in [0.3, 0.4) is 0 Å². The summed E-state index contributed by atoms with van der Waals surface area (Å²) in [5.41, 5.74) is 1.15. The molecular formula is C16H24Cl2N2O. The number of hydrogen-bond acceptors (Lipinski definition) is 2. The van der Waals surface area contributed by atoms with Crippen LogP contribution >= 0.6 is 24.0 Å². The molecule has 0 spiro atoms. The fourth-order valence-corrected chi connectivity index (χ4v) is 2.74. The molecule has 118 valence electrons. The van der Waals surface area contributed by atoms with Gasteiger partial charge in [0, 0.05) is 17.5 Å². The SMILES string of the molecule is CNCC(C)C(=O)NC(c1ccc(Cl)cc1)C1CC1C.Cl. The van der Waals surface area contributed by atoms with Gasteiger partial charge in [-0.25, -0.2) is 0 Å². The zero-order valence-corrected chi connectivity index (χ0v) is 14.3. The molecule has 1 aromatic rings. The Hall–Kier alpha value is -0.770. The van der Waals surface area contributed by atoms with Gasteiger partial charge in [-0.1, -0.05) is 37.6 Å². The normalized spacial score (nSPS) is 22.9. The van der Waals surface area contributed by atoms with Crippen molar-refractivity contribution in [3.05, 3.63) is 34.9 Å². The van der Waals surface area contributed by atoms with E-state index in [1.807, 2.05) is 38.2 Å². The molecule has 0 saturated heterocycles. The van der Waals surface area contributed by atoms with E-state index < -0.39 is 0 Å². The van der Waals surface area contributed by atoms with E-state index in [1.54, 1.807) is 0 Å². The van der Waals surface area contributed by atoms with Gasteiger partial charge < -0.3 is 10.6 Å². The lowest BCUT2D eigenvalue weighted by Crippen LogP contribution is -2.37. The molecule has 4 atom stereocenters. The number of amides is 1. The quantitative estimate of drug-likeness (QED) is 0.838. The van der Waals surface area contributed by atoms with Gasteiger partial charge in [-0.3, -0.25) is 4.79 Å². The van der Waals surface area contributed by atoms with Gasteiger partial charge in [0.15, 0.2) is 0 Å². The number of halogens is 2. The Balaban J connectivity index is 0.00000220. The van der Waals surface area contributed by atoms with Crippen molar-refractivity contribution in [1.29, 1.82) is 0 Å². The summed E-state index contributed by atoms with van der Waals surface area (Å²) in [5, 5.41) is 6.98. The Kier molecular flexibility index (Phi) is 6.98. The lowest BCUT2D eigenvalue weighted by atomic mass is 10.00. The molecule has 0 aliphatic heterocycles. The summed E-state index contributed by atoms with van der Waals surface area (Å²) in [7, 11) is 1.86. The van der Waals surface area contributed by atoms with Crippen molar-refractivity contribution in [1.82, 2.24) is 10.6 Å². The second-order valence-corrected chi connectivity index (χ2v) is 6.31. The Morgan fingerprint density at radius 1 is 1.38 bits per heavy atom. The summed E-state index contributed by atoms with van der Waals surface area (Å²) >= 11 is 5.94. The fourth-order valence-electron chi connectivity index (χ4n) is 2.62. The van der Waals surface area contributed by atoms with E-state index in [1.165, 1.54) is 6.42 Å². The van der Waals surface area contributed by atoms with Crippen LogP contribution in [-0.4, -0.2) is 19.5 Å². The molecule has 0 bridgehead atoms. The molecule has 0 radical (unpaired) electrons. The van der Waals surface area contributed by atoms with Gasteiger partial charge >= 0.3 is 0 Å². The van der Waals surface area contributed by atoms with Crippen LogP contribution in [0.1, 0.15) is 31.9 Å². The highest BCUT2D eigenvalue weighted by Gasteiger charge is 2.41. The third-order valence-corrected chi connectivity index (χ3v) is 4.34. The van der Waals surface area contributed by atoms with Crippen molar-refractivity contribution in [2.24, 2.45) is 17.8 Å². The Bertz CT molecular complexity index is 464. The molecule has 1 aromatic carbocycles. The first-order valence-corrected chi connectivity index (χ1v) is 7.61. The molecular weight excluding hydrogens is 307 g/mol. The number of benzene rings is 1. The molecule has 0 aromatic heterocycles. The minimum atomic E-state index is -0.0242. The summed E-state index contributed by atoms with van der Waals surface area (Å²) in [6.07, 6.45) is 1.17. The predicted octanol–water partition coefficient (Wildman–Crippen LogP) is 3.43. The first-order chi connectivity index (χ1) is 9.52. The number of rotatable bonds is 6. The molecule has 21 heavy (non-hydrogen) atoms.